The third-order valence-electron chi connectivity index (χ3n) is 5.86. The maximum atomic E-state index is 12.8. The molecule has 2 fully saturated rings. The highest BCUT2D eigenvalue weighted by molar-refractivity contribution is 5.94. The van der Waals surface area contributed by atoms with Crippen molar-refractivity contribution in [2.45, 2.75) is 44.4 Å². The normalized spacial score (nSPS) is 20.7. The van der Waals surface area contributed by atoms with Gasteiger partial charge in [0.25, 0.3) is 5.91 Å². The van der Waals surface area contributed by atoms with Crippen LogP contribution in [0, 0.1) is 12.8 Å². The van der Waals surface area contributed by atoms with Crippen LogP contribution in [0.2, 0.25) is 0 Å². The molecule has 2 aromatic rings. The van der Waals surface area contributed by atoms with Crippen molar-refractivity contribution in [3.8, 4) is 5.75 Å². The van der Waals surface area contributed by atoms with Gasteiger partial charge in [0.2, 0.25) is 5.91 Å². The van der Waals surface area contributed by atoms with Gasteiger partial charge in [0.15, 0.2) is 5.76 Å². The molecule has 154 valence electrons. The lowest BCUT2D eigenvalue weighted by molar-refractivity contribution is -0.124. The van der Waals surface area contributed by atoms with Crippen LogP contribution in [0.1, 0.15) is 53.9 Å². The molecule has 29 heavy (non-hydrogen) atoms. The number of nitrogens with zero attached hydrogens (tertiary/aromatic N) is 3. The molecule has 2 aliphatic rings. The summed E-state index contributed by atoms with van der Waals surface area (Å²) in [7, 11) is 0. The van der Waals surface area contributed by atoms with E-state index in [4.69, 9.17) is 4.52 Å². The first kappa shape index (κ1) is 19.4. The minimum atomic E-state index is -0.575. The highest BCUT2D eigenvalue weighted by Crippen LogP contribution is 2.48. The van der Waals surface area contributed by atoms with Crippen LogP contribution in [-0.2, 0) is 10.2 Å². The second-order valence-electron chi connectivity index (χ2n) is 8.17. The zero-order valence-corrected chi connectivity index (χ0v) is 16.6. The van der Waals surface area contributed by atoms with Crippen molar-refractivity contribution in [1.82, 2.24) is 20.4 Å². The van der Waals surface area contributed by atoms with Gasteiger partial charge in [-0.1, -0.05) is 11.6 Å². The number of amides is 2. The molecule has 8 heteroatoms. The maximum absolute atomic E-state index is 12.8. The number of hydrogen-bond donors (Lipinski definition) is 2. The van der Waals surface area contributed by atoms with Crippen LogP contribution in [-0.4, -0.2) is 51.6 Å². The van der Waals surface area contributed by atoms with Crippen LogP contribution in [0.15, 0.2) is 29.0 Å². The first-order valence-corrected chi connectivity index (χ1v) is 10.1. The molecule has 1 aliphatic heterocycles. The zero-order chi connectivity index (χ0) is 20.4. The van der Waals surface area contributed by atoms with Gasteiger partial charge in [-0.25, -0.2) is 0 Å². The van der Waals surface area contributed by atoms with Crippen LogP contribution in [0.5, 0.6) is 5.75 Å². The van der Waals surface area contributed by atoms with Gasteiger partial charge in [-0.2, -0.15) is 0 Å². The Hall–Kier alpha value is -2.90. The van der Waals surface area contributed by atoms with E-state index in [1.807, 2.05) is 13.0 Å². The van der Waals surface area contributed by atoms with Crippen LogP contribution in [0.25, 0.3) is 0 Å². The van der Waals surface area contributed by atoms with Gasteiger partial charge in [0.05, 0.1) is 17.5 Å². The molecule has 2 N–H and O–H groups in total. The Kier molecular flexibility index (Phi) is 5.25. The highest BCUT2D eigenvalue weighted by atomic mass is 16.5. The van der Waals surface area contributed by atoms with Gasteiger partial charge < -0.3 is 19.8 Å². The molecule has 4 rings (SSSR count). The monoisotopic (exact) mass is 398 g/mol. The largest absolute Gasteiger partial charge is 0.506 e. The van der Waals surface area contributed by atoms with Gasteiger partial charge >= 0.3 is 0 Å². The third-order valence-corrected chi connectivity index (χ3v) is 5.86. The van der Waals surface area contributed by atoms with E-state index in [1.165, 1.54) is 18.5 Å². The second-order valence-corrected chi connectivity index (χ2v) is 8.17. The number of carbonyl (C=O) groups is 2. The summed E-state index contributed by atoms with van der Waals surface area (Å²) >= 11 is 0. The van der Waals surface area contributed by atoms with Gasteiger partial charge in [0, 0.05) is 31.9 Å². The Bertz CT molecular complexity index is 906. The number of aromatic hydroxyl groups is 1. The maximum Gasteiger partial charge on any atom is 0.255 e. The van der Waals surface area contributed by atoms with Crippen LogP contribution in [0.4, 0.5) is 0 Å². The van der Waals surface area contributed by atoms with E-state index in [0.717, 1.165) is 37.8 Å². The summed E-state index contributed by atoms with van der Waals surface area (Å²) in [5.74, 6) is 0.645. The van der Waals surface area contributed by atoms with E-state index in [0.29, 0.717) is 31.0 Å². The number of nitrogens with one attached hydrogen (secondary N) is 1. The van der Waals surface area contributed by atoms with Crippen molar-refractivity contribution < 1.29 is 19.2 Å². The average molecular weight is 398 g/mol. The summed E-state index contributed by atoms with van der Waals surface area (Å²) in [4.78, 5) is 31.3. The predicted molar refractivity (Wildman–Crippen MR) is 104 cm³/mol. The van der Waals surface area contributed by atoms with Crippen LogP contribution in [0.3, 0.4) is 0 Å². The van der Waals surface area contributed by atoms with E-state index >= 15 is 0 Å². The van der Waals surface area contributed by atoms with E-state index in [2.05, 4.69) is 15.5 Å². The zero-order valence-electron chi connectivity index (χ0n) is 16.6. The van der Waals surface area contributed by atoms with Crippen molar-refractivity contribution >= 4 is 11.8 Å². The summed E-state index contributed by atoms with van der Waals surface area (Å²) in [6, 6.07) is 3.27. The summed E-state index contributed by atoms with van der Waals surface area (Å²) in [5, 5.41) is 16.6. The first-order chi connectivity index (χ1) is 14.0. The lowest BCUT2D eigenvalue weighted by Crippen LogP contribution is -2.41. The van der Waals surface area contributed by atoms with E-state index in [-0.39, 0.29) is 23.5 Å². The third kappa shape index (κ3) is 4.11. The summed E-state index contributed by atoms with van der Waals surface area (Å²) in [6.07, 6.45) is 7.21. The second kappa shape index (κ2) is 7.85. The smallest absolute Gasteiger partial charge is 0.255 e. The van der Waals surface area contributed by atoms with Crippen molar-refractivity contribution in [1.29, 1.82) is 0 Å². The molecular weight excluding hydrogens is 372 g/mol. The number of rotatable bonds is 5. The standard InChI is InChI=1S/C21H26N4O4/c1-14-8-18(29-24-14)21(5-6-21)20(28)23-10-15-4-2-3-7-25(13-15)19(27)16-9-17(26)12-22-11-16/h8-9,11-12,15,26H,2-7,10,13H2,1H3,(H,23,28). The van der Waals surface area contributed by atoms with E-state index < -0.39 is 5.41 Å². The topological polar surface area (TPSA) is 109 Å². The Morgan fingerprint density at radius 1 is 1.31 bits per heavy atom. The van der Waals surface area contributed by atoms with Gasteiger partial charge in [-0.3, -0.25) is 14.6 Å². The molecule has 0 radical (unpaired) electrons. The first-order valence-electron chi connectivity index (χ1n) is 10.1. The fourth-order valence-corrected chi connectivity index (χ4v) is 4.01. The molecule has 1 aliphatic carbocycles. The minimum absolute atomic E-state index is 0.0204. The molecule has 0 bridgehead atoms. The molecule has 8 nitrogen and oxygen atoms in total. The minimum Gasteiger partial charge on any atom is -0.506 e. The Labute approximate surface area is 169 Å². The summed E-state index contributed by atoms with van der Waals surface area (Å²) in [5.41, 5.74) is 0.583. The van der Waals surface area contributed by atoms with Crippen molar-refractivity contribution in [2.24, 2.45) is 5.92 Å². The molecule has 2 aromatic heterocycles. The molecule has 0 aromatic carbocycles. The molecule has 0 spiro atoms. The van der Waals surface area contributed by atoms with E-state index in [9.17, 15) is 14.7 Å². The number of hydrogen-bond acceptors (Lipinski definition) is 6. The summed E-state index contributed by atoms with van der Waals surface area (Å²) in [6.45, 7) is 3.61. The van der Waals surface area contributed by atoms with Crippen molar-refractivity contribution in [2.75, 3.05) is 19.6 Å². The Morgan fingerprint density at radius 3 is 2.83 bits per heavy atom. The fraction of sp³-hybridized carbons (Fsp3) is 0.524. The lowest BCUT2D eigenvalue weighted by atomic mass is 10.00. The number of likely N-dealkylation sites (tertiary alicyclic amines) is 1. The number of pyridine rings is 1. The van der Waals surface area contributed by atoms with Crippen LogP contribution >= 0.6 is 0 Å². The lowest BCUT2D eigenvalue weighted by Gasteiger charge is -2.25. The van der Waals surface area contributed by atoms with Gasteiger partial charge in [-0.15, -0.1) is 0 Å². The van der Waals surface area contributed by atoms with Crippen molar-refractivity contribution in [3.63, 3.8) is 0 Å². The average Bonchev–Trinajstić information content (AvgIpc) is 3.46. The molecule has 2 amide bonds. The summed E-state index contributed by atoms with van der Waals surface area (Å²) < 4.78 is 5.34. The number of aromatic nitrogens is 2. The SMILES string of the molecule is Cc1cc(C2(C(=O)NCC3CCCCN(C(=O)c4cncc(O)c4)C3)CC2)on1. The molecule has 3 heterocycles. The molecule has 1 unspecified atom stereocenters. The Balaban J connectivity index is 1.37. The molecule has 1 saturated carbocycles. The fourth-order valence-electron chi connectivity index (χ4n) is 4.01. The van der Waals surface area contributed by atoms with Crippen molar-refractivity contribution in [3.05, 3.63) is 41.5 Å². The number of carbonyl (C=O) groups excluding carboxylic acids is 2. The molecular formula is C21H26N4O4. The molecule has 1 atom stereocenters. The van der Waals surface area contributed by atoms with Gasteiger partial charge in [0.1, 0.15) is 11.2 Å². The Morgan fingerprint density at radius 2 is 2.14 bits per heavy atom. The highest BCUT2D eigenvalue weighted by Gasteiger charge is 2.54. The molecule has 1 saturated heterocycles. The number of aryl methyl sites for hydroxylation is 1. The van der Waals surface area contributed by atoms with Crippen LogP contribution < -0.4 is 5.32 Å². The van der Waals surface area contributed by atoms with Gasteiger partial charge in [-0.05, 0) is 44.6 Å². The quantitative estimate of drug-likeness (QED) is 0.799. The predicted octanol–water partition coefficient (Wildman–Crippen LogP) is 2.17. The van der Waals surface area contributed by atoms with E-state index in [1.54, 1.807) is 4.90 Å².